The molecule has 1 N–H and O–H groups in total. The van der Waals surface area contributed by atoms with Gasteiger partial charge in [0.2, 0.25) is 5.91 Å². The van der Waals surface area contributed by atoms with Gasteiger partial charge in [-0.25, -0.2) is 0 Å². The van der Waals surface area contributed by atoms with E-state index < -0.39 is 0 Å². The molecule has 0 atom stereocenters. The van der Waals surface area contributed by atoms with Gasteiger partial charge in [0.15, 0.2) is 0 Å². The molecule has 1 amide bonds. The third kappa shape index (κ3) is 4.07. The normalized spacial score (nSPS) is 22.0. The molecule has 1 aliphatic rings. The average Bonchev–Trinajstić information content (AvgIpc) is 2.47. The fourth-order valence-corrected chi connectivity index (χ4v) is 2.47. The summed E-state index contributed by atoms with van der Waals surface area (Å²) in [6.07, 6.45) is 4.60. The maximum atomic E-state index is 11.8. The topological polar surface area (TPSA) is 62.1 Å². The minimum atomic E-state index is -0.202. The summed E-state index contributed by atoms with van der Waals surface area (Å²) >= 11 is 0. The summed E-state index contributed by atoms with van der Waals surface area (Å²) in [6, 6.07) is 9.02. The molecule has 1 aliphatic carbocycles. The molecule has 0 bridgehead atoms. The van der Waals surface area contributed by atoms with Gasteiger partial charge in [-0.1, -0.05) is 19.1 Å². The van der Waals surface area contributed by atoms with Crippen molar-refractivity contribution < 1.29 is 9.53 Å². The molecule has 0 heterocycles. The molecule has 1 fully saturated rings. The maximum absolute atomic E-state index is 11.8. The Morgan fingerprint density at radius 2 is 2.05 bits per heavy atom. The van der Waals surface area contributed by atoms with Crippen molar-refractivity contribution in [1.82, 2.24) is 0 Å². The minimum Gasteiger partial charge on any atom is -0.368 e. The van der Waals surface area contributed by atoms with Crippen LogP contribution in [0.2, 0.25) is 0 Å². The van der Waals surface area contributed by atoms with Crippen LogP contribution in [0.4, 0.5) is 5.69 Å². The highest BCUT2D eigenvalue weighted by Crippen LogP contribution is 2.25. The fourth-order valence-electron chi connectivity index (χ4n) is 2.47. The number of hydrogen-bond acceptors (Lipinski definition) is 3. The highest BCUT2D eigenvalue weighted by Gasteiger charge is 2.19. The van der Waals surface area contributed by atoms with Crippen LogP contribution in [0.1, 0.15) is 38.2 Å². The van der Waals surface area contributed by atoms with Gasteiger partial charge in [-0.2, -0.15) is 5.26 Å². The van der Waals surface area contributed by atoms with Crippen LogP contribution in [0.3, 0.4) is 0 Å². The Morgan fingerprint density at radius 1 is 1.35 bits per heavy atom. The largest absolute Gasteiger partial charge is 0.368 e. The van der Waals surface area contributed by atoms with E-state index in [0.29, 0.717) is 11.3 Å². The summed E-state index contributed by atoms with van der Waals surface area (Å²) in [6.45, 7) is 2.31. The van der Waals surface area contributed by atoms with Gasteiger partial charge in [0.25, 0.3) is 0 Å². The van der Waals surface area contributed by atoms with Crippen LogP contribution in [-0.4, -0.2) is 18.6 Å². The molecule has 2 rings (SSSR count). The van der Waals surface area contributed by atoms with Gasteiger partial charge in [0, 0.05) is 0 Å². The SMILES string of the molecule is CC1CCC(OCC(=O)Nc2ccccc2C#N)CC1. The van der Waals surface area contributed by atoms with Crippen LogP contribution >= 0.6 is 0 Å². The molecule has 106 valence electrons. The van der Waals surface area contributed by atoms with E-state index in [2.05, 4.69) is 18.3 Å². The molecule has 0 aliphatic heterocycles. The second-order valence-corrected chi connectivity index (χ2v) is 5.40. The van der Waals surface area contributed by atoms with Crippen LogP contribution in [0.25, 0.3) is 0 Å². The molecule has 1 aromatic carbocycles. The summed E-state index contributed by atoms with van der Waals surface area (Å²) in [5.74, 6) is 0.567. The lowest BCUT2D eigenvalue weighted by atomic mass is 9.89. The number of nitrogens with one attached hydrogen (secondary N) is 1. The molecule has 1 aromatic rings. The first-order chi connectivity index (χ1) is 9.69. The Morgan fingerprint density at radius 3 is 2.75 bits per heavy atom. The Hall–Kier alpha value is -1.86. The maximum Gasteiger partial charge on any atom is 0.250 e. The van der Waals surface area contributed by atoms with Gasteiger partial charge in [0.05, 0.1) is 17.4 Å². The molecule has 0 radical (unpaired) electrons. The van der Waals surface area contributed by atoms with Crippen molar-refractivity contribution in [3.05, 3.63) is 29.8 Å². The molecular formula is C16H20N2O2. The summed E-state index contributed by atoms with van der Waals surface area (Å²) in [5, 5.41) is 11.7. The average molecular weight is 272 g/mol. The number of para-hydroxylation sites is 1. The number of nitrogens with zero attached hydrogens (tertiary/aromatic N) is 1. The standard InChI is InChI=1S/C16H20N2O2/c1-12-6-8-14(9-7-12)20-11-16(19)18-15-5-3-2-4-13(15)10-17/h2-5,12,14H,6-9,11H2,1H3,(H,18,19). The summed E-state index contributed by atoms with van der Waals surface area (Å²) < 4.78 is 5.64. The number of amides is 1. The lowest BCUT2D eigenvalue weighted by molar-refractivity contribution is -0.123. The van der Waals surface area contributed by atoms with Gasteiger partial charge >= 0.3 is 0 Å². The highest BCUT2D eigenvalue weighted by molar-refractivity contribution is 5.92. The Bertz CT molecular complexity index is 499. The Labute approximate surface area is 119 Å². The summed E-state index contributed by atoms with van der Waals surface area (Å²) in [5.41, 5.74) is 1.01. The van der Waals surface area contributed by atoms with E-state index in [-0.39, 0.29) is 18.6 Å². The monoisotopic (exact) mass is 272 g/mol. The first-order valence-corrected chi connectivity index (χ1v) is 7.09. The number of benzene rings is 1. The zero-order chi connectivity index (χ0) is 14.4. The smallest absolute Gasteiger partial charge is 0.250 e. The number of carbonyl (C=O) groups excluding carboxylic acids is 1. The lowest BCUT2D eigenvalue weighted by Gasteiger charge is -2.26. The molecule has 4 nitrogen and oxygen atoms in total. The first kappa shape index (κ1) is 14.5. The lowest BCUT2D eigenvalue weighted by Crippen LogP contribution is -2.26. The first-order valence-electron chi connectivity index (χ1n) is 7.09. The molecule has 0 aromatic heterocycles. The van der Waals surface area contributed by atoms with Crippen molar-refractivity contribution in [3.63, 3.8) is 0 Å². The van der Waals surface area contributed by atoms with Crippen LogP contribution in [0.5, 0.6) is 0 Å². The zero-order valence-electron chi connectivity index (χ0n) is 11.8. The summed E-state index contributed by atoms with van der Waals surface area (Å²) in [4.78, 5) is 11.8. The summed E-state index contributed by atoms with van der Waals surface area (Å²) in [7, 11) is 0. The van der Waals surface area contributed by atoms with Gasteiger partial charge in [0.1, 0.15) is 12.7 Å². The van der Waals surface area contributed by atoms with E-state index in [1.807, 2.05) is 0 Å². The zero-order valence-corrected chi connectivity index (χ0v) is 11.8. The van der Waals surface area contributed by atoms with E-state index in [4.69, 9.17) is 10.00 Å². The van der Waals surface area contributed by atoms with Crippen LogP contribution in [0.15, 0.2) is 24.3 Å². The van der Waals surface area contributed by atoms with Gasteiger partial charge < -0.3 is 10.1 Å². The van der Waals surface area contributed by atoms with Crippen molar-refractivity contribution in [2.75, 3.05) is 11.9 Å². The van der Waals surface area contributed by atoms with Crippen molar-refractivity contribution in [3.8, 4) is 6.07 Å². The highest BCUT2D eigenvalue weighted by atomic mass is 16.5. The predicted octanol–water partition coefficient (Wildman–Crippen LogP) is 3.09. The second-order valence-electron chi connectivity index (χ2n) is 5.40. The van der Waals surface area contributed by atoms with Crippen LogP contribution < -0.4 is 5.32 Å². The quantitative estimate of drug-likeness (QED) is 0.916. The van der Waals surface area contributed by atoms with E-state index in [9.17, 15) is 4.79 Å². The molecule has 0 saturated heterocycles. The van der Waals surface area contributed by atoms with Crippen molar-refractivity contribution in [1.29, 1.82) is 5.26 Å². The molecule has 20 heavy (non-hydrogen) atoms. The van der Waals surface area contributed by atoms with Crippen molar-refractivity contribution in [2.24, 2.45) is 5.92 Å². The number of ether oxygens (including phenoxy) is 1. The minimum absolute atomic E-state index is 0.0544. The molecule has 0 spiro atoms. The molecule has 1 saturated carbocycles. The van der Waals surface area contributed by atoms with Crippen molar-refractivity contribution in [2.45, 2.75) is 38.7 Å². The molecule has 0 unspecified atom stereocenters. The van der Waals surface area contributed by atoms with Crippen LogP contribution in [-0.2, 0) is 9.53 Å². The molecular weight excluding hydrogens is 252 g/mol. The predicted molar refractivity (Wildman–Crippen MR) is 77.2 cm³/mol. The third-order valence-corrected chi connectivity index (χ3v) is 3.73. The van der Waals surface area contributed by atoms with Crippen LogP contribution in [0, 0.1) is 17.2 Å². The Balaban J connectivity index is 1.80. The number of rotatable bonds is 4. The van der Waals surface area contributed by atoms with Crippen molar-refractivity contribution >= 4 is 11.6 Å². The molecule has 4 heteroatoms. The second kappa shape index (κ2) is 7.06. The van der Waals surface area contributed by atoms with E-state index in [1.165, 1.54) is 12.8 Å². The Kier molecular flexibility index (Phi) is 5.14. The third-order valence-electron chi connectivity index (χ3n) is 3.73. The number of nitriles is 1. The van der Waals surface area contributed by atoms with E-state index in [1.54, 1.807) is 24.3 Å². The number of hydrogen-bond donors (Lipinski definition) is 1. The number of carbonyl (C=O) groups is 1. The van der Waals surface area contributed by atoms with Gasteiger partial charge in [-0.05, 0) is 43.7 Å². The van der Waals surface area contributed by atoms with Gasteiger partial charge in [-0.3, -0.25) is 4.79 Å². The van der Waals surface area contributed by atoms with E-state index >= 15 is 0 Å². The number of anilines is 1. The van der Waals surface area contributed by atoms with E-state index in [0.717, 1.165) is 18.8 Å². The fraction of sp³-hybridized carbons (Fsp3) is 0.500. The van der Waals surface area contributed by atoms with Gasteiger partial charge in [-0.15, -0.1) is 0 Å².